The molecular weight excluding hydrogens is 208 g/mol. The van der Waals surface area contributed by atoms with Crippen LogP contribution in [-0.4, -0.2) is 37.6 Å². The van der Waals surface area contributed by atoms with Crippen molar-refractivity contribution in [1.29, 1.82) is 0 Å². The van der Waals surface area contributed by atoms with Gasteiger partial charge in [-0.2, -0.15) is 0 Å². The molecule has 2 aliphatic rings. The minimum Gasteiger partial charge on any atom is -0.313 e. The molecule has 2 heteroatoms. The average molecular weight is 238 g/mol. The van der Waals surface area contributed by atoms with E-state index in [0.29, 0.717) is 0 Å². The second-order valence-electron chi connectivity index (χ2n) is 6.84. The van der Waals surface area contributed by atoms with Gasteiger partial charge in [0.25, 0.3) is 0 Å². The maximum Gasteiger partial charge on any atom is 0.0198 e. The summed E-state index contributed by atoms with van der Waals surface area (Å²) >= 11 is 0. The minimum absolute atomic E-state index is 0.747. The summed E-state index contributed by atoms with van der Waals surface area (Å²) in [6.07, 6.45) is 7.23. The van der Waals surface area contributed by atoms with E-state index in [1.54, 1.807) is 0 Å². The third-order valence-electron chi connectivity index (χ3n) is 4.24. The first-order valence-corrected chi connectivity index (χ1v) is 7.55. The van der Waals surface area contributed by atoms with E-state index < -0.39 is 0 Å². The predicted octanol–water partition coefficient (Wildman–Crippen LogP) is 2.74. The molecule has 17 heavy (non-hydrogen) atoms. The van der Waals surface area contributed by atoms with Gasteiger partial charge in [0.1, 0.15) is 0 Å². The molecule has 1 aliphatic carbocycles. The van der Waals surface area contributed by atoms with E-state index in [2.05, 4.69) is 31.1 Å². The van der Waals surface area contributed by atoms with Crippen LogP contribution in [0.4, 0.5) is 0 Å². The van der Waals surface area contributed by atoms with E-state index in [9.17, 15) is 0 Å². The fourth-order valence-electron chi connectivity index (χ4n) is 3.16. The number of likely N-dealkylation sites (tertiary alicyclic amines) is 1. The molecule has 1 aliphatic heterocycles. The molecule has 2 rings (SSSR count). The van der Waals surface area contributed by atoms with Crippen molar-refractivity contribution in [3.8, 4) is 0 Å². The van der Waals surface area contributed by atoms with E-state index in [1.165, 1.54) is 51.7 Å². The Labute approximate surface area is 107 Å². The lowest BCUT2D eigenvalue weighted by Gasteiger charge is -2.36. The van der Waals surface area contributed by atoms with Crippen molar-refractivity contribution in [3.05, 3.63) is 0 Å². The first-order chi connectivity index (χ1) is 8.13. The second kappa shape index (κ2) is 6.19. The predicted molar refractivity (Wildman–Crippen MR) is 74.2 cm³/mol. The molecule has 0 spiro atoms. The molecule has 100 valence electrons. The Hall–Kier alpha value is -0.0800. The molecule has 1 N–H and O–H groups in total. The van der Waals surface area contributed by atoms with Crippen LogP contribution in [0, 0.1) is 17.8 Å². The quantitative estimate of drug-likeness (QED) is 0.765. The van der Waals surface area contributed by atoms with Gasteiger partial charge < -0.3 is 10.2 Å². The molecule has 0 aromatic rings. The monoisotopic (exact) mass is 238 g/mol. The van der Waals surface area contributed by atoms with Crippen molar-refractivity contribution >= 4 is 0 Å². The highest BCUT2D eigenvalue weighted by atomic mass is 15.1. The zero-order valence-corrected chi connectivity index (χ0v) is 11.9. The number of rotatable bonds is 6. The summed E-state index contributed by atoms with van der Waals surface area (Å²) in [5.41, 5.74) is 0. The largest absolute Gasteiger partial charge is 0.313 e. The third kappa shape index (κ3) is 4.97. The maximum absolute atomic E-state index is 3.77. The summed E-state index contributed by atoms with van der Waals surface area (Å²) in [6, 6.07) is 0.747. The topological polar surface area (TPSA) is 15.3 Å². The highest BCUT2D eigenvalue weighted by Gasteiger charge is 2.30. The first kappa shape index (κ1) is 13.4. The van der Waals surface area contributed by atoms with Gasteiger partial charge in [0.15, 0.2) is 0 Å². The van der Waals surface area contributed by atoms with Crippen LogP contribution in [0.2, 0.25) is 0 Å². The summed E-state index contributed by atoms with van der Waals surface area (Å²) in [7, 11) is 2.29. The van der Waals surface area contributed by atoms with E-state index in [1.807, 2.05) is 0 Å². The number of hydrogen-bond acceptors (Lipinski definition) is 2. The average Bonchev–Trinajstić information content (AvgIpc) is 3.00. The fourth-order valence-corrected chi connectivity index (χ4v) is 3.16. The van der Waals surface area contributed by atoms with Gasteiger partial charge in [-0.05, 0) is 50.6 Å². The Morgan fingerprint density at radius 3 is 2.59 bits per heavy atom. The van der Waals surface area contributed by atoms with Crippen molar-refractivity contribution in [3.63, 3.8) is 0 Å². The van der Waals surface area contributed by atoms with Crippen LogP contribution < -0.4 is 5.32 Å². The van der Waals surface area contributed by atoms with Gasteiger partial charge in [-0.25, -0.2) is 0 Å². The molecule has 1 saturated heterocycles. The van der Waals surface area contributed by atoms with Gasteiger partial charge in [-0.1, -0.05) is 26.7 Å². The maximum atomic E-state index is 3.77. The molecule has 1 saturated carbocycles. The smallest absolute Gasteiger partial charge is 0.0198 e. The Kier molecular flexibility index (Phi) is 4.87. The molecule has 0 amide bonds. The Bertz CT molecular complexity index is 221. The van der Waals surface area contributed by atoms with Crippen molar-refractivity contribution in [1.82, 2.24) is 10.2 Å². The Morgan fingerprint density at radius 2 is 1.94 bits per heavy atom. The van der Waals surface area contributed by atoms with Gasteiger partial charge in [-0.15, -0.1) is 0 Å². The van der Waals surface area contributed by atoms with Gasteiger partial charge in [-0.3, -0.25) is 0 Å². The molecule has 0 radical (unpaired) electrons. The molecule has 0 bridgehead atoms. The highest BCUT2D eigenvalue weighted by Crippen LogP contribution is 2.37. The van der Waals surface area contributed by atoms with Crippen molar-refractivity contribution in [2.45, 2.75) is 52.0 Å². The standard InChI is InChI=1S/C15H30N2/c1-12(2)6-7-16-15-9-14(8-13-4-5-13)10-17(3)11-15/h12-16H,4-11H2,1-3H3. The molecular formula is C15H30N2. The number of likely N-dealkylation sites (N-methyl/N-ethyl adjacent to an activating group) is 1. The number of nitrogens with zero attached hydrogens (tertiary/aromatic N) is 1. The van der Waals surface area contributed by atoms with Crippen LogP contribution in [-0.2, 0) is 0 Å². The SMILES string of the molecule is CC(C)CCNC1CC(CC2CC2)CN(C)C1. The lowest BCUT2D eigenvalue weighted by molar-refractivity contribution is 0.158. The van der Waals surface area contributed by atoms with Crippen molar-refractivity contribution in [2.75, 3.05) is 26.7 Å². The fraction of sp³-hybridized carbons (Fsp3) is 1.00. The van der Waals surface area contributed by atoms with Gasteiger partial charge in [0, 0.05) is 19.1 Å². The highest BCUT2D eigenvalue weighted by molar-refractivity contribution is 4.86. The van der Waals surface area contributed by atoms with Crippen LogP contribution in [0.25, 0.3) is 0 Å². The van der Waals surface area contributed by atoms with Crippen molar-refractivity contribution in [2.24, 2.45) is 17.8 Å². The van der Waals surface area contributed by atoms with E-state index >= 15 is 0 Å². The number of nitrogens with one attached hydrogen (secondary N) is 1. The van der Waals surface area contributed by atoms with Gasteiger partial charge >= 0.3 is 0 Å². The summed E-state index contributed by atoms with van der Waals surface area (Å²) in [5.74, 6) is 2.87. The molecule has 0 aromatic carbocycles. The molecule has 2 nitrogen and oxygen atoms in total. The van der Waals surface area contributed by atoms with Gasteiger partial charge in [0.2, 0.25) is 0 Å². The van der Waals surface area contributed by atoms with Crippen LogP contribution in [0.5, 0.6) is 0 Å². The first-order valence-electron chi connectivity index (χ1n) is 7.55. The summed E-state index contributed by atoms with van der Waals surface area (Å²) in [6.45, 7) is 8.40. The minimum atomic E-state index is 0.747. The molecule has 2 fully saturated rings. The van der Waals surface area contributed by atoms with Gasteiger partial charge in [0.05, 0.1) is 0 Å². The summed E-state index contributed by atoms with van der Waals surface area (Å²) in [5, 5.41) is 3.77. The van der Waals surface area contributed by atoms with Crippen LogP contribution >= 0.6 is 0 Å². The normalized spacial score (nSPS) is 31.1. The Morgan fingerprint density at radius 1 is 1.18 bits per heavy atom. The second-order valence-corrected chi connectivity index (χ2v) is 6.84. The van der Waals surface area contributed by atoms with Crippen molar-refractivity contribution < 1.29 is 0 Å². The number of hydrogen-bond donors (Lipinski definition) is 1. The molecule has 2 atom stereocenters. The summed E-state index contributed by atoms with van der Waals surface area (Å²) in [4.78, 5) is 2.53. The molecule has 2 unspecified atom stereocenters. The third-order valence-corrected chi connectivity index (χ3v) is 4.24. The summed E-state index contributed by atoms with van der Waals surface area (Å²) < 4.78 is 0. The lowest BCUT2D eigenvalue weighted by Crippen LogP contribution is -2.48. The molecule has 0 aromatic heterocycles. The van der Waals surface area contributed by atoms with Crippen LogP contribution in [0.1, 0.15) is 46.0 Å². The Balaban J connectivity index is 1.69. The molecule has 1 heterocycles. The van der Waals surface area contributed by atoms with E-state index in [4.69, 9.17) is 0 Å². The number of piperidine rings is 1. The zero-order chi connectivity index (χ0) is 12.3. The van der Waals surface area contributed by atoms with Crippen LogP contribution in [0.3, 0.4) is 0 Å². The zero-order valence-electron chi connectivity index (χ0n) is 11.9. The van der Waals surface area contributed by atoms with E-state index in [-0.39, 0.29) is 0 Å². The lowest BCUT2D eigenvalue weighted by atomic mass is 9.90. The van der Waals surface area contributed by atoms with E-state index in [0.717, 1.165) is 23.8 Å². The van der Waals surface area contributed by atoms with Crippen LogP contribution in [0.15, 0.2) is 0 Å².